The van der Waals surface area contributed by atoms with Crippen LogP contribution in [0.15, 0.2) is 0 Å². The third-order valence-corrected chi connectivity index (χ3v) is 4.17. The Morgan fingerprint density at radius 3 is 2.11 bits per heavy atom. The average Bonchev–Trinajstić information content (AvgIpc) is 2.18. The van der Waals surface area contributed by atoms with Crippen LogP contribution in [0.4, 0.5) is 0 Å². The van der Waals surface area contributed by atoms with Crippen LogP contribution in [-0.2, 0) is 0 Å². The lowest BCUT2D eigenvalue weighted by molar-refractivity contribution is 0.526. The predicted molar refractivity (Wildman–Crippen MR) is 36.2 cm³/mol. The lowest BCUT2D eigenvalue weighted by Crippen LogP contribution is -2.26. The molecule has 1 nitrogen and oxygen atoms in total. The Hall–Kier alpha value is 0.250. The Morgan fingerprint density at radius 2 is 2.00 bits per heavy atom. The van der Waals surface area contributed by atoms with E-state index >= 15 is 0 Å². The molecule has 4 saturated carbocycles. The SMILES string of the molecule is N[C@@H]1[C@H]2C[C@H]3[C@H]1[C@H]3[C@@H]2Cl. The minimum atomic E-state index is 0.454. The van der Waals surface area contributed by atoms with Crippen LogP contribution in [0.25, 0.3) is 0 Å². The first kappa shape index (κ1) is 4.97. The molecule has 0 aliphatic heterocycles. The Kier molecular flexibility index (Phi) is 0.647. The molecule has 4 bridgehead atoms. The first-order chi connectivity index (χ1) is 4.30. The molecule has 50 valence electrons. The maximum Gasteiger partial charge on any atom is 0.0413 e. The van der Waals surface area contributed by atoms with Gasteiger partial charge in [0.25, 0.3) is 0 Å². The number of halogens is 1. The summed E-state index contributed by atoms with van der Waals surface area (Å²) in [4.78, 5) is 0. The number of rotatable bonds is 0. The highest BCUT2D eigenvalue weighted by Crippen LogP contribution is 2.71. The van der Waals surface area contributed by atoms with Gasteiger partial charge in [-0.2, -0.15) is 0 Å². The molecule has 0 amide bonds. The van der Waals surface area contributed by atoms with Gasteiger partial charge in [0, 0.05) is 11.4 Å². The first-order valence-corrected chi connectivity index (χ1v) is 4.14. The molecule has 0 aromatic carbocycles. The van der Waals surface area contributed by atoms with Crippen LogP contribution in [-0.4, -0.2) is 11.4 Å². The molecule has 0 unspecified atom stereocenters. The fourth-order valence-electron chi connectivity index (χ4n) is 3.12. The van der Waals surface area contributed by atoms with Gasteiger partial charge in [-0.3, -0.25) is 0 Å². The van der Waals surface area contributed by atoms with Crippen molar-refractivity contribution in [3.8, 4) is 0 Å². The summed E-state index contributed by atoms with van der Waals surface area (Å²) in [6.07, 6.45) is 1.34. The van der Waals surface area contributed by atoms with Crippen LogP contribution in [0.3, 0.4) is 0 Å². The molecule has 9 heavy (non-hydrogen) atoms. The molecule has 0 aromatic heterocycles. The first-order valence-electron chi connectivity index (χ1n) is 3.70. The van der Waals surface area contributed by atoms with E-state index in [1.807, 2.05) is 0 Å². The summed E-state index contributed by atoms with van der Waals surface area (Å²) in [5.74, 6) is 3.32. The quantitative estimate of drug-likeness (QED) is 0.500. The van der Waals surface area contributed by atoms with E-state index in [0.717, 1.165) is 17.8 Å². The van der Waals surface area contributed by atoms with E-state index in [4.69, 9.17) is 17.3 Å². The van der Waals surface area contributed by atoms with E-state index in [1.54, 1.807) is 0 Å². The highest BCUT2D eigenvalue weighted by molar-refractivity contribution is 6.21. The van der Waals surface area contributed by atoms with Gasteiger partial charge in [-0.25, -0.2) is 0 Å². The van der Waals surface area contributed by atoms with Crippen LogP contribution in [0.2, 0.25) is 0 Å². The van der Waals surface area contributed by atoms with Gasteiger partial charge in [0.15, 0.2) is 0 Å². The van der Waals surface area contributed by atoms with Crippen molar-refractivity contribution in [2.75, 3.05) is 0 Å². The number of nitrogens with two attached hydrogens (primary N) is 1. The van der Waals surface area contributed by atoms with Gasteiger partial charge in [0.1, 0.15) is 0 Å². The molecular formula is C7H10ClN. The summed E-state index contributed by atoms with van der Waals surface area (Å²) in [5.41, 5.74) is 5.91. The third kappa shape index (κ3) is 0.352. The molecule has 2 N–H and O–H groups in total. The molecule has 4 rings (SSSR count). The normalized spacial score (nSPS) is 75.3. The van der Waals surface area contributed by atoms with Gasteiger partial charge in [0.05, 0.1) is 0 Å². The van der Waals surface area contributed by atoms with Crippen molar-refractivity contribution in [2.45, 2.75) is 17.8 Å². The number of hydrogen-bond acceptors (Lipinski definition) is 1. The molecule has 4 aliphatic carbocycles. The van der Waals surface area contributed by atoms with Crippen LogP contribution in [0, 0.1) is 23.7 Å². The minimum absolute atomic E-state index is 0.454. The summed E-state index contributed by atoms with van der Waals surface area (Å²) in [6, 6.07) is 0.475. The zero-order valence-electron chi connectivity index (χ0n) is 5.13. The van der Waals surface area contributed by atoms with E-state index < -0.39 is 0 Å². The van der Waals surface area contributed by atoms with Crippen molar-refractivity contribution in [2.24, 2.45) is 29.4 Å². The highest BCUT2D eigenvalue weighted by Gasteiger charge is 2.72. The standard InChI is InChI=1S/C7H10ClN/c8-6-3-1-2-4(6)5(2)7(3)9/h2-7H,1,9H2/t2-,3+,4+,5+,6-,7-/m1/s1. The zero-order valence-corrected chi connectivity index (χ0v) is 5.88. The largest absolute Gasteiger partial charge is 0.327 e. The summed E-state index contributed by atoms with van der Waals surface area (Å²) < 4.78 is 0. The van der Waals surface area contributed by atoms with E-state index in [9.17, 15) is 0 Å². The zero-order chi connectivity index (χ0) is 6.17. The third-order valence-electron chi connectivity index (χ3n) is 3.55. The molecule has 4 fully saturated rings. The number of hydrogen-bond donors (Lipinski definition) is 1. The average molecular weight is 144 g/mol. The molecule has 0 radical (unpaired) electrons. The second-order valence-electron chi connectivity index (χ2n) is 3.74. The maximum atomic E-state index is 6.11. The molecular weight excluding hydrogens is 134 g/mol. The van der Waals surface area contributed by atoms with Crippen molar-refractivity contribution in [1.29, 1.82) is 0 Å². The lowest BCUT2D eigenvalue weighted by atomic mass is 10.1. The van der Waals surface area contributed by atoms with E-state index in [0.29, 0.717) is 17.3 Å². The monoisotopic (exact) mass is 143 g/mol. The van der Waals surface area contributed by atoms with E-state index in [-0.39, 0.29) is 0 Å². The topological polar surface area (TPSA) is 26.0 Å². The van der Waals surface area contributed by atoms with Crippen LogP contribution in [0.5, 0.6) is 0 Å². The highest BCUT2D eigenvalue weighted by atomic mass is 35.5. The summed E-state index contributed by atoms with van der Waals surface area (Å²) in [5, 5.41) is 0.454. The van der Waals surface area contributed by atoms with Crippen LogP contribution >= 0.6 is 11.6 Å². The van der Waals surface area contributed by atoms with E-state index in [2.05, 4.69) is 0 Å². The predicted octanol–water partition coefficient (Wildman–Crippen LogP) is 0.817. The van der Waals surface area contributed by atoms with Crippen LogP contribution < -0.4 is 5.73 Å². The van der Waals surface area contributed by atoms with Crippen molar-refractivity contribution in [3.63, 3.8) is 0 Å². The van der Waals surface area contributed by atoms with Crippen molar-refractivity contribution < 1.29 is 0 Å². The maximum absolute atomic E-state index is 6.11. The van der Waals surface area contributed by atoms with Gasteiger partial charge in [-0.05, 0) is 30.1 Å². The summed E-state index contributed by atoms with van der Waals surface area (Å²) >= 11 is 6.11. The lowest BCUT2D eigenvalue weighted by Gasteiger charge is -2.09. The molecule has 0 spiro atoms. The second kappa shape index (κ2) is 1.17. The van der Waals surface area contributed by atoms with Gasteiger partial charge in [-0.1, -0.05) is 0 Å². The second-order valence-corrected chi connectivity index (χ2v) is 4.24. The van der Waals surface area contributed by atoms with Gasteiger partial charge in [0.2, 0.25) is 0 Å². The fraction of sp³-hybridized carbons (Fsp3) is 1.00. The van der Waals surface area contributed by atoms with Gasteiger partial charge in [-0.15, -0.1) is 11.6 Å². The smallest absolute Gasteiger partial charge is 0.0413 e. The van der Waals surface area contributed by atoms with E-state index in [1.165, 1.54) is 6.42 Å². The summed E-state index contributed by atoms with van der Waals surface area (Å²) in [7, 11) is 0. The van der Waals surface area contributed by atoms with Crippen LogP contribution in [0.1, 0.15) is 6.42 Å². The molecule has 4 aliphatic rings. The van der Waals surface area contributed by atoms with Gasteiger partial charge < -0.3 is 5.73 Å². The van der Waals surface area contributed by atoms with Crippen molar-refractivity contribution >= 4 is 11.6 Å². The molecule has 2 heteroatoms. The Balaban J connectivity index is 2.07. The van der Waals surface area contributed by atoms with Crippen molar-refractivity contribution in [1.82, 2.24) is 0 Å². The molecule has 0 aromatic rings. The minimum Gasteiger partial charge on any atom is -0.327 e. The molecule has 6 atom stereocenters. The Morgan fingerprint density at radius 1 is 1.22 bits per heavy atom. The van der Waals surface area contributed by atoms with Crippen molar-refractivity contribution in [3.05, 3.63) is 0 Å². The number of alkyl halides is 1. The Bertz CT molecular complexity index is 150. The van der Waals surface area contributed by atoms with Gasteiger partial charge >= 0.3 is 0 Å². The molecule has 0 saturated heterocycles. The molecule has 0 heterocycles. The Labute approximate surface area is 59.6 Å². The fourth-order valence-corrected chi connectivity index (χ4v) is 3.74. The summed E-state index contributed by atoms with van der Waals surface area (Å²) in [6.45, 7) is 0.